The number of rotatable bonds is 3. The van der Waals surface area contributed by atoms with E-state index in [0.29, 0.717) is 6.54 Å². The van der Waals surface area contributed by atoms with Gasteiger partial charge in [-0.3, -0.25) is 4.79 Å². The molecule has 2 aromatic rings. The number of carbonyl (C=O) groups excluding carboxylic acids is 1. The number of hydrogen-bond donors (Lipinski definition) is 1. The van der Waals surface area contributed by atoms with E-state index in [9.17, 15) is 4.79 Å². The van der Waals surface area contributed by atoms with E-state index in [-0.39, 0.29) is 5.91 Å². The van der Waals surface area contributed by atoms with Crippen molar-refractivity contribution in [1.82, 2.24) is 14.9 Å². The molecule has 0 bridgehead atoms. The van der Waals surface area contributed by atoms with Crippen molar-refractivity contribution >= 4 is 33.3 Å². The number of aromatic nitrogens is 2. The number of carbonyl (C=O) groups is 1. The van der Waals surface area contributed by atoms with Crippen molar-refractivity contribution in [3.05, 3.63) is 16.8 Å². The summed E-state index contributed by atoms with van der Waals surface area (Å²) in [5.41, 5.74) is 1.50. The van der Waals surface area contributed by atoms with Gasteiger partial charge in [-0.25, -0.2) is 9.97 Å². The first-order valence-electron chi connectivity index (χ1n) is 9.57. The van der Waals surface area contributed by atoms with Gasteiger partial charge in [0.05, 0.1) is 31.6 Å². The Labute approximate surface area is 158 Å². The number of hydrogen-bond acceptors (Lipinski definition) is 5. The number of anilines is 1. The van der Waals surface area contributed by atoms with Crippen LogP contribution in [0.4, 0.5) is 5.82 Å². The molecule has 140 valence electrons. The van der Waals surface area contributed by atoms with Gasteiger partial charge in [0.25, 0.3) is 5.91 Å². The van der Waals surface area contributed by atoms with Crippen LogP contribution in [0, 0.1) is 5.92 Å². The Balaban J connectivity index is 1.54. The molecular weight excluding hydrogens is 346 g/mol. The highest BCUT2D eigenvalue weighted by atomic mass is 32.1. The Bertz CT molecular complexity index is 810. The molecule has 0 aromatic carbocycles. The van der Waals surface area contributed by atoms with Crippen molar-refractivity contribution < 1.29 is 9.69 Å². The first kappa shape index (κ1) is 17.7. The van der Waals surface area contributed by atoms with Crippen LogP contribution in [0.5, 0.6) is 0 Å². The number of quaternary nitrogens is 1. The van der Waals surface area contributed by atoms with Gasteiger partial charge in [-0.2, -0.15) is 0 Å². The molecule has 0 unspecified atom stereocenters. The lowest BCUT2D eigenvalue weighted by Gasteiger charge is -2.33. The SMILES string of the molecule is C[C@H]1CCc2c(sc3ncnc(N4CC[NH+](CC(=O)N(C)C)CC4)c23)C1. The molecule has 1 saturated heterocycles. The van der Waals surface area contributed by atoms with E-state index in [1.165, 1.54) is 33.6 Å². The molecule has 2 aromatic heterocycles. The van der Waals surface area contributed by atoms with E-state index >= 15 is 0 Å². The smallest absolute Gasteiger partial charge is 0.277 e. The van der Waals surface area contributed by atoms with E-state index in [2.05, 4.69) is 21.8 Å². The molecule has 1 N–H and O–H groups in total. The molecule has 7 heteroatoms. The van der Waals surface area contributed by atoms with E-state index in [4.69, 9.17) is 0 Å². The lowest BCUT2D eigenvalue weighted by atomic mass is 9.89. The summed E-state index contributed by atoms with van der Waals surface area (Å²) in [7, 11) is 3.66. The molecular formula is C19H28N5OS+. The highest BCUT2D eigenvalue weighted by Gasteiger charge is 2.28. The molecule has 26 heavy (non-hydrogen) atoms. The molecule has 1 atom stereocenters. The summed E-state index contributed by atoms with van der Waals surface area (Å²) < 4.78 is 0. The molecule has 0 spiro atoms. The summed E-state index contributed by atoms with van der Waals surface area (Å²) in [4.78, 5) is 29.3. The minimum atomic E-state index is 0.207. The molecule has 0 radical (unpaired) electrons. The number of aryl methyl sites for hydroxylation is 1. The topological polar surface area (TPSA) is 53.8 Å². The van der Waals surface area contributed by atoms with Gasteiger partial charge >= 0.3 is 0 Å². The zero-order valence-electron chi connectivity index (χ0n) is 15.9. The summed E-state index contributed by atoms with van der Waals surface area (Å²) in [6.45, 7) is 6.79. The number of fused-ring (bicyclic) bond motifs is 3. The molecule has 1 fully saturated rings. The maximum absolute atomic E-state index is 12.0. The largest absolute Gasteiger partial charge is 0.345 e. The molecule has 3 heterocycles. The van der Waals surface area contributed by atoms with Crippen LogP contribution < -0.4 is 9.80 Å². The van der Waals surface area contributed by atoms with Crippen molar-refractivity contribution in [2.75, 3.05) is 51.7 Å². The first-order valence-corrected chi connectivity index (χ1v) is 10.4. The van der Waals surface area contributed by atoms with Crippen molar-refractivity contribution in [1.29, 1.82) is 0 Å². The number of piperazine rings is 1. The average molecular weight is 375 g/mol. The maximum atomic E-state index is 12.0. The number of thiophene rings is 1. The van der Waals surface area contributed by atoms with Crippen LogP contribution in [0.3, 0.4) is 0 Å². The predicted octanol–water partition coefficient (Wildman–Crippen LogP) is 0.609. The second-order valence-corrected chi connectivity index (χ2v) is 9.01. The minimum absolute atomic E-state index is 0.207. The number of amides is 1. The Hall–Kier alpha value is -1.73. The van der Waals surface area contributed by atoms with Crippen LogP contribution in [-0.4, -0.2) is 67.6 Å². The van der Waals surface area contributed by atoms with E-state index in [1.54, 1.807) is 11.2 Å². The standard InChI is InChI=1S/C19H27N5OS/c1-13-4-5-14-15(10-13)26-19-17(14)18(20-12-21-19)24-8-6-23(7-9-24)11-16(25)22(2)3/h12-13H,4-11H2,1-3H3/p+1/t13-/m0/s1. The van der Waals surface area contributed by atoms with Crippen LogP contribution in [0.1, 0.15) is 23.8 Å². The zero-order valence-corrected chi connectivity index (χ0v) is 16.7. The molecule has 6 nitrogen and oxygen atoms in total. The zero-order chi connectivity index (χ0) is 18.3. The molecule has 4 rings (SSSR count). The number of nitrogens with zero attached hydrogens (tertiary/aromatic N) is 4. The molecule has 2 aliphatic rings. The third-order valence-electron chi connectivity index (χ3n) is 5.74. The Morgan fingerprint density at radius 2 is 2.12 bits per heavy atom. The second kappa shape index (κ2) is 7.12. The third kappa shape index (κ3) is 3.30. The fourth-order valence-corrected chi connectivity index (χ4v) is 5.43. The highest BCUT2D eigenvalue weighted by molar-refractivity contribution is 7.19. The van der Waals surface area contributed by atoms with E-state index in [1.807, 2.05) is 25.4 Å². The van der Waals surface area contributed by atoms with Crippen molar-refractivity contribution in [2.45, 2.75) is 26.2 Å². The Morgan fingerprint density at radius 1 is 1.35 bits per heavy atom. The normalized spacial score (nSPS) is 21.0. The van der Waals surface area contributed by atoms with Gasteiger partial charge in [0, 0.05) is 19.0 Å². The van der Waals surface area contributed by atoms with Crippen LogP contribution in [0.25, 0.3) is 10.2 Å². The quantitative estimate of drug-likeness (QED) is 0.855. The van der Waals surface area contributed by atoms with Crippen molar-refractivity contribution in [3.63, 3.8) is 0 Å². The Kier molecular flexibility index (Phi) is 4.84. The van der Waals surface area contributed by atoms with Gasteiger partial charge in [-0.1, -0.05) is 6.92 Å². The van der Waals surface area contributed by atoms with Crippen LogP contribution in [0.15, 0.2) is 6.33 Å². The van der Waals surface area contributed by atoms with Gasteiger partial charge < -0.3 is 14.7 Å². The summed E-state index contributed by atoms with van der Waals surface area (Å²) in [6, 6.07) is 0. The number of nitrogens with one attached hydrogen (secondary N) is 1. The van der Waals surface area contributed by atoms with Crippen molar-refractivity contribution in [2.24, 2.45) is 5.92 Å². The molecule has 1 amide bonds. The predicted molar refractivity (Wildman–Crippen MR) is 105 cm³/mol. The summed E-state index contributed by atoms with van der Waals surface area (Å²) in [6.07, 6.45) is 5.31. The van der Waals surface area contributed by atoms with Gasteiger partial charge in [-0.05, 0) is 30.7 Å². The third-order valence-corrected chi connectivity index (χ3v) is 6.90. The van der Waals surface area contributed by atoms with Crippen LogP contribution in [0.2, 0.25) is 0 Å². The Morgan fingerprint density at radius 3 is 2.85 bits per heavy atom. The van der Waals surface area contributed by atoms with E-state index < -0.39 is 0 Å². The van der Waals surface area contributed by atoms with Crippen LogP contribution in [-0.2, 0) is 17.6 Å². The van der Waals surface area contributed by atoms with E-state index in [0.717, 1.165) is 49.2 Å². The van der Waals surface area contributed by atoms with Gasteiger partial charge in [0.2, 0.25) is 0 Å². The second-order valence-electron chi connectivity index (χ2n) is 7.93. The summed E-state index contributed by atoms with van der Waals surface area (Å²) in [5, 5.41) is 1.30. The van der Waals surface area contributed by atoms with Crippen molar-refractivity contribution in [3.8, 4) is 0 Å². The van der Waals surface area contributed by atoms with Crippen LogP contribution >= 0.6 is 11.3 Å². The van der Waals surface area contributed by atoms with Gasteiger partial charge in [0.1, 0.15) is 17.0 Å². The number of likely N-dealkylation sites (N-methyl/N-ethyl adjacent to an activating group) is 1. The summed E-state index contributed by atoms with van der Waals surface area (Å²) >= 11 is 1.86. The summed E-state index contributed by atoms with van der Waals surface area (Å²) in [5.74, 6) is 2.09. The minimum Gasteiger partial charge on any atom is -0.345 e. The fourth-order valence-electron chi connectivity index (χ4n) is 4.08. The average Bonchev–Trinajstić information content (AvgIpc) is 2.99. The maximum Gasteiger partial charge on any atom is 0.277 e. The molecule has 1 aliphatic heterocycles. The molecule has 0 saturated carbocycles. The highest BCUT2D eigenvalue weighted by Crippen LogP contribution is 2.40. The molecule has 1 aliphatic carbocycles. The first-order chi connectivity index (χ1) is 12.5. The van der Waals surface area contributed by atoms with Gasteiger partial charge in [0.15, 0.2) is 6.54 Å². The fraction of sp³-hybridized carbons (Fsp3) is 0.632. The lowest BCUT2D eigenvalue weighted by molar-refractivity contribution is -0.892. The lowest BCUT2D eigenvalue weighted by Crippen LogP contribution is -3.15. The van der Waals surface area contributed by atoms with Gasteiger partial charge in [-0.15, -0.1) is 11.3 Å². The monoisotopic (exact) mass is 374 g/mol.